The molecule has 1 unspecified atom stereocenters. The number of halogens is 5. The zero-order valence-corrected chi connectivity index (χ0v) is 20.9. The molecule has 0 saturated heterocycles. The highest BCUT2D eigenvalue weighted by atomic mass is 35.5. The lowest BCUT2D eigenvalue weighted by molar-refractivity contribution is -0.141. The van der Waals surface area contributed by atoms with Gasteiger partial charge >= 0.3 is 6.18 Å². The van der Waals surface area contributed by atoms with Crippen molar-refractivity contribution in [2.45, 2.75) is 19.0 Å². The normalized spacial score (nSPS) is 12.2. The van der Waals surface area contributed by atoms with Crippen LogP contribution in [0.1, 0.15) is 34.5 Å². The Balaban J connectivity index is 1.61. The summed E-state index contributed by atoms with van der Waals surface area (Å²) in [6.45, 7) is 1.49. The van der Waals surface area contributed by atoms with Crippen molar-refractivity contribution in [1.29, 1.82) is 0 Å². The summed E-state index contributed by atoms with van der Waals surface area (Å²) >= 11 is 6.00. The van der Waals surface area contributed by atoms with Crippen LogP contribution in [0.4, 0.5) is 29.1 Å². The van der Waals surface area contributed by atoms with E-state index in [-0.39, 0.29) is 27.7 Å². The molecule has 4 rings (SSSR count). The molecule has 0 radical (unpaired) electrons. The van der Waals surface area contributed by atoms with Crippen molar-refractivity contribution in [3.8, 4) is 5.69 Å². The first kappa shape index (κ1) is 26.9. The molecule has 38 heavy (non-hydrogen) atoms. The van der Waals surface area contributed by atoms with Crippen molar-refractivity contribution in [3.05, 3.63) is 107 Å². The molecule has 11 heteroatoms. The van der Waals surface area contributed by atoms with E-state index < -0.39 is 35.4 Å². The number of para-hydroxylation sites is 1. The average molecular weight is 545 g/mol. The Morgan fingerprint density at radius 1 is 1.00 bits per heavy atom. The van der Waals surface area contributed by atoms with Gasteiger partial charge in [-0.1, -0.05) is 41.9 Å². The van der Waals surface area contributed by atoms with Crippen molar-refractivity contribution >= 4 is 34.9 Å². The van der Waals surface area contributed by atoms with Gasteiger partial charge in [-0.15, -0.1) is 0 Å². The minimum Gasteiger partial charge on any atom is -0.322 e. The van der Waals surface area contributed by atoms with Crippen LogP contribution < -0.4 is 10.2 Å². The van der Waals surface area contributed by atoms with Gasteiger partial charge in [0, 0.05) is 23.8 Å². The maximum atomic E-state index is 14.9. The van der Waals surface area contributed by atoms with Gasteiger partial charge in [-0.25, -0.2) is 9.07 Å². The predicted molar refractivity (Wildman–Crippen MR) is 136 cm³/mol. The summed E-state index contributed by atoms with van der Waals surface area (Å²) in [5.74, 6) is -3.25. The topological polar surface area (TPSA) is 67.2 Å². The maximum absolute atomic E-state index is 14.9. The monoisotopic (exact) mass is 544 g/mol. The molecular weight excluding hydrogens is 524 g/mol. The van der Waals surface area contributed by atoms with Gasteiger partial charge < -0.3 is 5.32 Å². The van der Waals surface area contributed by atoms with Crippen molar-refractivity contribution in [1.82, 2.24) is 9.78 Å². The fraction of sp³-hybridized carbons (Fsp3) is 0.148. The van der Waals surface area contributed by atoms with Crippen LogP contribution >= 0.6 is 11.6 Å². The number of benzene rings is 3. The molecule has 6 nitrogen and oxygen atoms in total. The second-order valence-corrected chi connectivity index (χ2v) is 8.89. The Bertz CT molecular complexity index is 1490. The van der Waals surface area contributed by atoms with E-state index in [0.29, 0.717) is 5.69 Å². The van der Waals surface area contributed by atoms with Crippen molar-refractivity contribution in [2.75, 3.05) is 17.3 Å². The van der Waals surface area contributed by atoms with Gasteiger partial charge in [0.15, 0.2) is 5.69 Å². The summed E-state index contributed by atoms with van der Waals surface area (Å²) in [5, 5.41) is 6.50. The number of aromatic nitrogens is 2. The first-order valence-corrected chi connectivity index (χ1v) is 11.7. The minimum atomic E-state index is -4.76. The highest BCUT2D eigenvalue weighted by molar-refractivity contribution is 6.30. The van der Waals surface area contributed by atoms with Gasteiger partial charge in [0.1, 0.15) is 11.6 Å². The molecule has 0 aliphatic rings. The van der Waals surface area contributed by atoms with Crippen LogP contribution in [-0.4, -0.2) is 28.6 Å². The Morgan fingerprint density at radius 2 is 1.71 bits per heavy atom. The standard InChI is InChI=1S/C27H21ClF4N4O2/c1-16(17-11-12-21(22(29)13-17)25(37)33-19-8-4-3-5-9-19)26(38)35(2)24-15-23(27(30,31)32)34-36(24)20-10-6-7-18(28)14-20/h3-16H,1-2H3,(H,33,37). The van der Waals surface area contributed by atoms with Crippen molar-refractivity contribution in [2.24, 2.45) is 0 Å². The van der Waals surface area contributed by atoms with E-state index in [0.717, 1.165) is 21.7 Å². The summed E-state index contributed by atoms with van der Waals surface area (Å²) in [6, 6.07) is 19.0. The van der Waals surface area contributed by atoms with Gasteiger partial charge in [-0.2, -0.15) is 18.3 Å². The molecule has 0 fully saturated rings. The lowest BCUT2D eigenvalue weighted by Crippen LogP contribution is -2.32. The van der Waals surface area contributed by atoms with Crippen LogP contribution in [-0.2, 0) is 11.0 Å². The first-order valence-electron chi connectivity index (χ1n) is 11.3. The van der Waals surface area contributed by atoms with Crippen molar-refractivity contribution in [3.63, 3.8) is 0 Å². The van der Waals surface area contributed by atoms with E-state index in [1.807, 2.05) is 0 Å². The summed E-state index contributed by atoms with van der Waals surface area (Å²) in [6.07, 6.45) is -4.76. The van der Waals surface area contributed by atoms with E-state index in [9.17, 15) is 27.2 Å². The Labute approximate surface area is 220 Å². The number of carbonyl (C=O) groups is 2. The Hall–Kier alpha value is -4.18. The molecule has 0 saturated carbocycles. The molecule has 0 bridgehead atoms. The van der Waals surface area contributed by atoms with Gasteiger partial charge in [-0.05, 0) is 55.0 Å². The summed E-state index contributed by atoms with van der Waals surface area (Å²) in [5.41, 5.74) is -0.477. The SMILES string of the molecule is CC(C(=O)N(C)c1cc(C(F)(F)F)nn1-c1cccc(Cl)c1)c1ccc(C(=O)Nc2ccccc2)c(F)c1. The zero-order chi connectivity index (χ0) is 27.6. The lowest BCUT2D eigenvalue weighted by atomic mass is 9.98. The van der Waals surface area contributed by atoms with Crippen LogP contribution in [0, 0.1) is 5.82 Å². The zero-order valence-electron chi connectivity index (χ0n) is 20.1. The predicted octanol–water partition coefficient (Wildman–Crippen LogP) is 6.70. The number of hydrogen-bond acceptors (Lipinski definition) is 3. The van der Waals surface area contributed by atoms with Gasteiger partial charge in [0.05, 0.1) is 17.2 Å². The number of hydrogen-bond donors (Lipinski definition) is 1. The Kier molecular flexibility index (Phi) is 7.54. The smallest absolute Gasteiger partial charge is 0.322 e. The number of nitrogens with zero attached hydrogens (tertiary/aromatic N) is 3. The number of alkyl halides is 3. The quantitative estimate of drug-likeness (QED) is 0.275. The molecule has 0 aliphatic heterocycles. The largest absolute Gasteiger partial charge is 0.435 e. The van der Waals surface area contributed by atoms with Crippen LogP contribution in [0.25, 0.3) is 5.69 Å². The number of anilines is 2. The molecule has 1 N–H and O–H groups in total. The van der Waals surface area contributed by atoms with Crippen LogP contribution in [0.2, 0.25) is 5.02 Å². The molecule has 4 aromatic rings. The summed E-state index contributed by atoms with van der Waals surface area (Å²) in [4.78, 5) is 26.8. The number of amides is 2. The van der Waals surface area contributed by atoms with E-state index in [1.165, 1.54) is 38.2 Å². The minimum absolute atomic E-state index is 0.157. The molecule has 3 aromatic carbocycles. The second kappa shape index (κ2) is 10.7. The average Bonchev–Trinajstić information content (AvgIpc) is 3.34. The van der Waals surface area contributed by atoms with Crippen LogP contribution in [0.15, 0.2) is 78.9 Å². The number of nitrogens with one attached hydrogen (secondary N) is 1. The highest BCUT2D eigenvalue weighted by Gasteiger charge is 2.36. The molecule has 0 aliphatic carbocycles. The number of carbonyl (C=O) groups excluding carboxylic acids is 2. The molecule has 1 heterocycles. The molecule has 1 aromatic heterocycles. The van der Waals surface area contributed by atoms with Crippen LogP contribution in [0.5, 0.6) is 0 Å². The van der Waals surface area contributed by atoms with Gasteiger partial charge in [-0.3, -0.25) is 14.5 Å². The maximum Gasteiger partial charge on any atom is 0.435 e. The fourth-order valence-electron chi connectivity index (χ4n) is 3.80. The van der Waals surface area contributed by atoms with Crippen LogP contribution in [0.3, 0.4) is 0 Å². The van der Waals surface area contributed by atoms with E-state index in [1.54, 1.807) is 42.5 Å². The lowest BCUT2D eigenvalue weighted by Gasteiger charge is -2.22. The van der Waals surface area contributed by atoms with E-state index in [4.69, 9.17) is 11.6 Å². The van der Waals surface area contributed by atoms with Crippen molar-refractivity contribution < 1.29 is 27.2 Å². The highest BCUT2D eigenvalue weighted by Crippen LogP contribution is 2.34. The summed E-state index contributed by atoms with van der Waals surface area (Å²) < 4.78 is 56.2. The first-order chi connectivity index (χ1) is 18.0. The third kappa shape index (κ3) is 5.70. The Morgan fingerprint density at radius 3 is 2.34 bits per heavy atom. The molecular formula is C27H21ClF4N4O2. The second-order valence-electron chi connectivity index (χ2n) is 8.46. The van der Waals surface area contributed by atoms with Gasteiger partial charge in [0.2, 0.25) is 5.91 Å². The molecule has 2 amide bonds. The molecule has 0 spiro atoms. The summed E-state index contributed by atoms with van der Waals surface area (Å²) in [7, 11) is 1.30. The molecule has 196 valence electrons. The van der Waals surface area contributed by atoms with Gasteiger partial charge in [0.25, 0.3) is 5.91 Å². The van der Waals surface area contributed by atoms with E-state index in [2.05, 4.69) is 10.4 Å². The molecule has 1 atom stereocenters. The number of likely N-dealkylation sites (N-methyl/N-ethyl adjacent to an activating group) is 1. The number of rotatable bonds is 6. The van der Waals surface area contributed by atoms with E-state index >= 15 is 0 Å². The third-order valence-corrected chi connectivity index (χ3v) is 6.08. The fourth-order valence-corrected chi connectivity index (χ4v) is 3.98. The third-order valence-electron chi connectivity index (χ3n) is 5.85.